The second-order valence-corrected chi connectivity index (χ2v) is 11.3. The third kappa shape index (κ3) is 6.61. The van der Waals surface area contributed by atoms with Gasteiger partial charge in [0.2, 0.25) is 11.8 Å². The topological polar surface area (TPSA) is 170 Å². The fourth-order valence-electron chi connectivity index (χ4n) is 4.96. The van der Waals surface area contributed by atoms with Crippen LogP contribution in [-0.2, 0) is 23.9 Å². The Morgan fingerprint density at radius 2 is 1.79 bits per heavy atom. The number of nitrogens with one attached hydrogen (secondary N) is 3. The highest BCUT2D eigenvalue weighted by Gasteiger charge is 2.39. The molecule has 5 bridgehead atoms. The van der Waals surface area contributed by atoms with E-state index in [1.807, 2.05) is 12.1 Å². The summed E-state index contributed by atoms with van der Waals surface area (Å²) in [4.78, 5) is 57.6. The Labute approximate surface area is 244 Å². The zero-order valence-electron chi connectivity index (χ0n) is 24.3. The van der Waals surface area contributed by atoms with Gasteiger partial charge in [-0.25, -0.2) is 10.4 Å². The minimum Gasteiger partial charge on any atom is -0.455 e. The van der Waals surface area contributed by atoms with Gasteiger partial charge in [-0.3, -0.25) is 24.2 Å². The molecule has 1 fully saturated rings. The van der Waals surface area contributed by atoms with E-state index in [9.17, 15) is 29.4 Å². The Balaban J connectivity index is 1.75. The van der Waals surface area contributed by atoms with Crippen molar-refractivity contribution < 1.29 is 34.1 Å². The number of esters is 1. The molecule has 12 nitrogen and oxygen atoms in total. The summed E-state index contributed by atoms with van der Waals surface area (Å²) in [5.41, 5.74) is 3.00. The summed E-state index contributed by atoms with van der Waals surface area (Å²) >= 11 is 0. The van der Waals surface area contributed by atoms with Crippen LogP contribution in [0.5, 0.6) is 0 Å². The van der Waals surface area contributed by atoms with Crippen LogP contribution in [0.2, 0.25) is 0 Å². The molecule has 2 aromatic rings. The summed E-state index contributed by atoms with van der Waals surface area (Å²) in [7, 11) is 0. The number of hydrazine groups is 1. The smallest absolute Gasteiger partial charge is 0.325 e. The predicted octanol–water partition coefficient (Wildman–Crippen LogP) is 0.978. The normalized spacial score (nSPS) is 26.5. The maximum Gasteiger partial charge on any atom is 0.325 e. The first-order chi connectivity index (χ1) is 20.0. The summed E-state index contributed by atoms with van der Waals surface area (Å²) in [5, 5.41) is 27.9. The zero-order chi connectivity index (χ0) is 30.6. The molecule has 4 rings (SSSR count). The molecule has 0 spiro atoms. The summed E-state index contributed by atoms with van der Waals surface area (Å²) in [6.45, 7) is 5.60. The Hall–Kier alpha value is -3.87. The lowest BCUT2D eigenvalue weighted by Crippen LogP contribution is -2.61. The molecule has 4 atom stereocenters. The third-order valence-electron chi connectivity index (χ3n) is 7.76. The number of amides is 3. The molecule has 1 aromatic carbocycles. The second-order valence-electron chi connectivity index (χ2n) is 11.3. The van der Waals surface area contributed by atoms with Crippen LogP contribution < -0.4 is 16.1 Å². The lowest BCUT2D eigenvalue weighted by atomic mass is 9.86. The van der Waals surface area contributed by atoms with Gasteiger partial charge >= 0.3 is 5.97 Å². The van der Waals surface area contributed by atoms with Gasteiger partial charge in [0.1, 0.15) is 29.6 Å². The van der Waals surface area contributed by atoms with Crippen molar-refractivity contribution in [2.75, 3.05) is 19.8 Å². The molecule has 3 heterocycles. The van der Waals surface area contributed by atoms with Gasteiger partial charge in [-0.2, -0.15) is 0 Å². The number of cyclic esters (lactones) is 1. The molecular weight excluding hydrogens is 542 g/mol. The summed E-state index contributed by atoms with van der Waals surface area (Å²) < 4.78 is 5.72. The van der Waals surface area contributed by atoms with Crippen molar-refractivity contribution in [2.24, 2.45) is 11.3 Å². The number of rotatable bonds is 3. The van der Waals surface area contributed by atoms with Crippen molar-refractivity contribution >= 4 is 40.7 Å². The van der Waals surface area contributed by atoms with Crippen LogP contribution in [0.3, 0.4) is 0 Å². The quantitative estimate of drug-likeness (QED) is 0.332. The highest BCUT2D eigenvalue weighted by Crippen LogP contribution is 2.25. The number of carbonyl (C=O) groups is 4. The molecule has 2 aliphatic heterocycles. The van der Waals surface area contributed by atoms with Crippen LogP contribution in [0.15, 0.2) is 36.4 Å². The average Bonchev–Trinajstić information content (AvgIpc) is 2.99. The largest absolute Gasteiger partial charge is 0.455 e. The summed E-state index contributed by atoms with van der Waals surface area (Å²) in [6, 6.07) is 6.27. The number of ether oxygens (including phenoxy) is 1. The fourth-order valence-corrected chi connectivity index (χ4v) is 4.96. The number of pyridine rings is 1. The molecule has 0 radical (unpaired) electrons. The molecular formula is C30H39N5O7. The molecule has 1 unspecified atom stereocenters. The van der Waals surface area contributed by atoms with Crippen LogP contribution >= 0.6 is 0 Å². The van der Waals surface area contributed by atoms with Crippen LogP contribution in [0.25, 0.3) is 17.0 Å². The number of hydrogen-bond donors (Lipinski definition) is 5. The van der Waals surface area contributed by atoms with Crippen LogP contribution in [0.4, 0.5) is 0 Å². The Kier molecular flexibility index (Phi) is 9.60. The minimum absolute atomic E-state index is 0.332. The first-order valence-corrected chi connectivity index (χ1v) is 14.2. The number of fused-ring (bicyclic) bond motifs is 4. The molecule has 42 heavy (non-hydrogen) atoms. The number of hydrogen-bond acceptors (Lipinski definition) is 9. The Morgan fingerprint density at radius 1 is 1.07 bits per heavy atom. The van der Waals surface area contributed by atoms with E-state index in [4.69, 9.17) is 4.74 Å². The van der Waals surface area contributed by atoms with Crippen molar-refractivity contribution in [3.8, 4) is 0 Å². The van der Waals surface area contributed by atoms with Gasteiger partial charge in [0.25, 0.3) is 5.91 Å². The molecule has 1 saturated heterocycles. The van der Waals surface area contributed by atoms with E-state index in [1.54, 1.807) is 45.0 Å². The molecule has 3 amide bonds. The molecule has 2 aliphatic rings. The lowest BCUT2D eigenvalue weighted by molar-refractivity contribution is -0.157. The third-order valence-corrected chi connectivity index (χ3v) is 7.76. The van der Waals surface area contributed by atoms with Crippen molar-refractivity contribution in [1.82, 2.24) is 26.1 Å². The first-order valence-electron chi connectivity index (χ1n) is 14.2. The molecule has 12 heteroatoms. The van der Waals surface area contributed by atoms with Gasteiger partial charge in [-0.1, -0.05) is 44.2 Å². The van der Waals surface area contributed by atoms with E-state index in [0.717, 1.165) is 5.39 Å². The first kappa shape index (κ1) is 31.1. The number of aromatic nitrogens is 1. The van der Waals surface area contributed by atoms with Gasteiger partial charge in [0.05, 0.1) is 24.4 Å². The average molecular weight is 582 g/mol. The molecule has 226 valence electrons. The van der Waals surface area contributed by atoms with Gasteiger partial charge in [0.15, 0.2) is 0 Å². The maximum atomic E-state index is 13.4. The zero-order valence-corrected chi connectivity index (χ0v) is 24.3. The van der Waals surface area contributed by atoms with Gasteiger partial charge < -0.3 is 25.6 Å². The van der Waals surface area contributed by atoms with Gasteiger partial charge in [0, 0.05) is 11.9 Å². The van der Waals surface area contributed by atoms with Gasteiger partial charge in [-0.15, -0.1) is 0 Å². The van der Waals surface area contributed by atoms with E-state index in [-0.39, 0.29) is 5.92 Å². The van der Waals surface area contributed by atoms with Crippen molar-refractivity contribution in [2.45, 2.75) is 64.8 Å². The Bertz CT molecular complexity index is 1370. The number of carbonyl (C=O) groups excluding carboxylic acids is 4. The van der Waals surface area contributed by atoms with Crippen molar-refractivity contribution in [3.05, 3.63) is 47.7 Å². The SMILES string of the molecule is CC(C)[C@@H]1NC(=O)C(CO)(CO)/C=C/c2ccc3ccc(nc3c2)[C@@H](C)OC(=O)C2CCCN(N2)C(=O)[C@H](C)NC1=O. The highest BCUT2D eigenvalue weighted by atomic mass is 16.5. The van der Waals surface area contributed by atoms with Crippen molar-refractivity contribution in [1.29, 1.82) is 0 Å². The summed E-state index contributed by atoms with van der Waals surface area (Å²) in [6.07, 6.45) is 3.34. The Morgan fingerprint density at radius 3 is 2.48 bits per heavy atom. The number of nitrogens with zero attached hydrogens (tertiary/aromatic N) is 2. The van der Waals surface area contributed by atoms with Crippen LogP contribution in [0, 0.1) is 11.3 Å². The lowest BCUT2D eigenvalue weighted by Gasteiger charge is -2.35. The highest BCUT2D eigenvalue weighted by molar-refractivity contribution is 5.94. The van der Waals surface area contributed by atoms with E-state index < -0.39 is 66.5 Å². The van der Waals surface area contributed by atoms with Crippen LogP contribution in [-0.4, -0.2) is 81.8 Å². The van der Waals surface area contributed by atoms with E-state index >= 15 is 0 Å². The van der Waals surface area contributed by atoms with Gasteiger partial charge in [-0.05, 0) is 50.3 Å². The summed E-state index contributed by atoms with van der Waals surface area (Å²) in [5.74, 6) is -2.70. The minimum atomic E-state index is -1.73. The molecule has 0 saturated carbocycles. The number of aliphatic hydroxyl groups is 2. The molecule has 1 aromatic heterocycles. The van der Waals surface area contributed by atoms with E-state index in [1.165, 1.54) is 18.0 Å². The molecule has 5 N–H and O–H groups in total. The second kappa shape index (κ2) is 13.0. The molecule has 0 aliphatic carbocycles. The number of aliphatic hydroxyl groups excluding tert-OH is 2. The van der Waals surface area contributed by atoms with Crippen molar-refractivity contribution in [3.63, 3.8) is 0 Å². The monoisotopic (exact) mass is 581 g/mol. The standard InChI is InChI=1S/C30H39N5O7/c1-17(2)25-26(38)31-18(3)27(39)35-13-5-6-23(34-35)28(40)42-19(4)22-10-9-21-8-7-20(14-24(21)32-22)11-12-30(15-36,16-37)29(41)33-25/h7-12,14,17-19,23,25,34,36-37H,5-6,13,15-16H2,1-4H3,(H,31,38)(H,33,41)/b12-11+/t18-,19+,23?,25-/m0/s1. The van der Waals surface area contributed by atoms with Crippen LogP contribution in [0.1, 0.15) is 57.9 Å². The maximum absolute atomic E-state index is 13.4. The fraction of sp³-hybridized carbons (Fsp3) is 0.500. The predicted molar refractivity (Wildman–Crippen MR) is 154 cm³/mol. The van der Waals surface area contributed by atoms with E-state index in [0.29, 0.717) is 36.2 Å². The van der Waals surface area contributed by atoms with E-state index in [2.05, 4.69) is 21.0 Å². The number of benzene rings is 1.